The Morgan fingerprint density at radius 2 is 1.19 bits per heavy atom. The molecule has 1 heterocycles. The van der Waals surface area contributed by atoms with Crippen LogP contribution in [0.15, 0.2) is 84.9 Å². The summed E-state index contributed by atoms with van der Waals surface area (Å²) in [6.45, 7) is 3.02. The van der Waals surface area contributed by atoms with Gasteiger partial charge in [0.1, 0.15) is 72.5 Å². The number of unbranched alkanes of at least 4 members (excludes halogenated alkanes) is 1. The number of aliphatic hydroxyl groups excluding tert-OH is 5. The summed E-state index contributed by atoms with van der Waals surface area (Å²) < 4.78 is 5.55. The Morgan fingerprint density at radius 3 is 1.76 bits per heavy atom. The second kappa shape index (κ2) is 36.2. The maximum absolute atomic E-state index is 14.7. The molecule has 3 aromatic rings. The van der Waals surface area contributed by atoms with Gasteiger partial charge in [-0.25, -0.2) is 0 Å². The minimum absolute atomic E-state index is 0.0326. The smallest absolute Gasteiger partial charge is 0.305 e. The predicted octanol–water partition coefficient (Wildman–Crippen LogP) is -1.78. The van der Waals surface area contributed by atoms with Gasteiger partial charge in [-0.05, 0) is 79.1 Å². The summed E-state index contributed by atoms with van der Waals surface area (Å²) in [4.78, 5) is 135. The average molecular weight is 1230 g/mol. The number of thioether (sulfide) groups is 1. The number of nitrogens with one attached hydrogen (secondary N) is 7. The largest absolute Gasteiger partial charge is 0.481 e. The second-order valence-corrected chi connectivity index (χ2v) is 22.2. The van der Waals surface area contributed by atoms with Gasteiger partial charge in [0.25, 0.3) is 5.91 Å². The molecule has 6 amide bonds. The number of amides is 6. The van der Waals surface area contributed by atoms with E-state index in [0.717, 1.165) is 17.3 Å². The zero-order valence-corrected chi connectivity index (χ0v) is 48.8. The van der Waals surface area contributed by atoms with Gasteiger partial charge >= 0.3 is 11.9 Å². The first-order valence-corrected chi connectivity index (χ1v) is 29.3. The van der Waals surface area contributed by atoms with Crippen molar-refractivity contribution in [2.24, 2.45) is 11.7 Å². The van der Waals surface area contributed by atoms with Gasteiger partial charge in [0.15, 0.2) is 11.6 Å². The van der Waals surface area contributed by atoms with Gasteiger partial charge < -0.3 is 78.1 Å². The van der Waals surface area contributed by atoms with Crippen LogP contribution in [0.5, 0.6) is 0 Å². The lowest BCUT2D eigenvalue weighted by atomic mass is 10.0. The third-order valence-corrected chi connectivity index (χ3v) is 14.9. The fourth-order valence-corrected chi connectivity index (χ4v) is 10.1. The number of rotatable bonds is 37. The lowest BCUT2D eigenvalue weighted by Crippen LogP contribution is -2.65. The summed E-state index contributed by atoms with van der Waals surface area (Å²) in [5, 5.41) is 87.1. The van der Waals surface area contributed by atoms with Crippen molar-refractivity contribution in [1.29, 1.82) is 0 Å². The number of benzene rings is 3. The number of aliphatic hydroxyl groups is 5. The Balaban J connectivity index is 1.60. The molecule has 0 aromatic heterocycles. The molecule has 0 radical (unpaired) electrons. The molecule has 0 spiro atoms. The van der Waals surface area contributed by atoms with E-state index < -0.39 is 157 Å². The second-order valence-electron chi connectivity index (χ2n) is 20.7. The number of aliphatic carboxylic acids is 2. The number of carboxylic acid groups (broad SMARTS) is 2. The first-order chi connectivity index (χ1) is 40.4. The van der Waals surface area contributed by atoms with Crippen molar-refractivity contribution in [2.75, 3.05) is 24.7 Å². The summed E-state index contributed by atoms with van der Waals surface area (Å²) in [6, 6.07) is 16.4. The summed E-state index contributed by atoms with van der Waals surface area (Å²) >= 11 is 5.47. The number of hydrogen-bond acceptors (Lipinski definition) is 20. The van der Waals surface area contributed by atoms with Crippen LogP contribution in [0.25, 0.3) is 0 Å². The molecule has 1 saturated heterocycles. The molecule has 1 aliphatic rings. The molecule has 16 N–H and O–H groups in total. The van der Waals surface area contributed by atoms with E-state index in [1.807, 2.05) is 0 Å². The van der Waals surface area contributed by atoms with Crippen molar-refractivity contribution >= 4 is 83.3 Å². The van der Waals surface area contributed by atoms with E-state index >= 15 is 0 Å². The zero-order chi connectivity index (χ0) is 62.8. The highest BCUT2D eigenvalue weighted by molar-refractivity contribution is 7.99. The molecular formula is C57H78N8O18S2. The monoisotopic (exact) mass is 1230 g/mol. The number of ether oxygens (including phenoxy) is 1. The number of hydrogen-bond donors (Lipinski definition) is 16. The van der Waals surface area contributed by atoms with E-state index in [1.165, 1.54) is 12.1 Å². The van der Waals surface area contributed by atoms with Crippen LogP contribution in [0.2, 0.25) is 0 Å². The number of carboxylic acids is 2. The topological polar surface area (TPSA) is 432 Å². The van der Waals surface area contributed by atoms with Crippen molar-refractivity contribution in [3.8, 4) is 0 Å². The Hall–Kier alpha value is -6.86. The standard InChI is InChI=1S/C57H78N8O18S2/c1-31(2)25-42(69)56(82)59-36(20-21-44(70)71)52(78)61-38(28-45(72)73)54(80)64-49(40(67)15-9-10-23-58)63-50(41(68)27-34-13-7-4-8-14-34)65-53(79)37(26-33-11-5-3-6-12-33)60-55(81)39(30-84)62-51(77)35-18-16-32(17-19-35)22-24-85-57-48(76)47(75)46(74)43(29-66)83-57/h3-8,11-14,16-19,31,36-39,42-43,46-50,57,63,66,69,74-76,84H,9-10,15,20-30,58H2,1-2H3,(H,59,82)(H,60,81)(H,61,78)(H,62,77)(H,64,80)(H,65,79)(H,70,71)(H,72,73)/t36?,37?,38?,39?,42?,43-,46+,47+,48-,49?,50?,57+/m1/s1. The number of ketones is 2. The predicted molar refractivity (Wildman–Crippen MR) is 312 cm³/mol. The SMILES string of the molecule is CC(C)CC(O)C(=O)NC(CCC(=O)O)C(=O)NC(CC(=O)O)C(=O)NC(NC(NC(=O)C(Cc1ccccc1)NC(=O)C(CS)NC(=O)c1ccc(CCS[C@@H]2O[C@H](CO)[C@H](O)[C@H](O)[C@H]2O)cc1)C(=O)Cc1ccccc1)C(=O)CCCCN. The Bertz CT molecular complexity index is 2700. The van der Waals surface area contributed by atoms with Crippen LogP contribution in [0, 0.1) is 5.92 Å². The first kappa shape index (κ1) is 70.6. The molecule has 12 atom stereocenters. The van der Waals surface area contributed by atoms with E-state index in [0.29, 0.717) is 29.7 Å². The average Bonchev–Trinajstić information content (AvgIpc) is 3.51. The summed E-state index contributed by atoms with van der Waals surface area (Å²) in [5.74, 6) is -10.7. The van der Waals surface area contributed by atoms with Gasteiger partial charge in [0.05, 0.1) is 13.0 Å². The minimum atomic E-state index is -2.01. The minimum Gasteiger partial charge on any atom is -0.481 e. The van der Waals surface area contributed by atoms with Gasteiger partial charge in [-0.1, -0.05) is 86.6 Å². The molecule has 1 fully saturated rings. The number of aryl methyl sites for hydroxylation is 1. The molecular weight excluding hydrogens is 1150 g/mol. The van der Waals surface area contributed by atoms with Crippen LogP contribution in [0.3, 0.4) is 0 Å². The Kier molecular flexibility index (Phi) is 30.1. The molecule has 0 aliphatic carbocycles. The van der Waals surface area contributed by atoms with Crippen LogP contribution >= 0.6 is 24.4 Å². The molecule has 85 heavy (non-hydrogen) atoms. The van der Waals surface area contributed by atoms with E-state index in [4.69, 9.17) is 10.5 Å². The molecule has 466 valence electrons. The van der Waals surface area contributed by atoms with Crippen LogP contribution in [0.1, 0.15) is 85.8 Å². The van der Waals surface area contributed by atoms with E-state index in [2.05, 4.69) is 49.8 Å². The van der Waals surface area contributed by atoms with Crippen molar-refractivity contribution in [1.82, 2.24) is 37.2 Å². The number of carbonyl (C=O) groups excluding carboxylic acids is 8. The quantitative estimate of drug-likeness (QED) is 0.0172. The van der Waals surface area contributed by atoms with Crippen LogP contribution in [0.4, 0.5) is 0 Å². The lowest BCUT2D eigenvalue weighted by Gasteiger charge is -2.39. The maximum atomic E-state index is 14.7. The summed E-state index contributed by atoms with van der Waals surface area (Å²) in [5.41, 5.74) is 6.66. The highest BCUT2D eigenvalue weighted by atomic mass is 32.2. The normalized spacial score (nSPS) is 19.1. The van der Waals surface area contributed by atoms with Crippen molar-refractivity contribution < 1.29 is 88.4 Å². The van der Waals surface area contributed by atoms with Crippen LogP contribution in [-0.4, -0.2) is 192 Å². The highest BCUT2D eigenvalue weighted by Gasteiger charge is 2.43. The maximum Gasteiger partial charge on any atom is 0.305 e. The van der Waals surface area contributed by atoms with Gasteiger partial charge in [-0.15, -0.1) is 11.8 Å². The van der Waals surface area contributed by atoms with Gasteiger partial charge in [0, 0.05) is 37.0 Å². The highest BCUT2D eigenvalue weighted by Crippen LogP contribution is 2.29. The molecule has 26 nitrogen and oxygen atoms in total. The molecule has 3 aromatic carbocycles. The van der Waals surface area contributed by atoms with Crippen LogP contribution < -0.4 is 43.0 Å². The van der Waals surface area contributed by atoms with E-state index in [9.17, 15) is 83.7 Å². The molecule has 0 saturated carbocycles. The van der Waals surface area contributed by atoms with E-state index in [-0.39, 0.29) is 55.9 Å². The molecule has 4 rings (SSSR count). The third kappa shape index (κ3) is 23.8. The van der Waals surface area contributed by atoms with Crippen molar-refractivity contribution in [2.45, 2.75) is 151 Å². The fraction of sp³-hybridized carbons (Fsp3) is 0.509. The Morgan fingerprint density at radius 1 is 0.624 bits per heavy atom. The lowest BCUT2D eigenvalue weighted by molar-refractivity contribution is -0.205. The zero-order valence-electron chi connectivity index (χ0n) is 47.0. The number of thiol groups is 1. The first-order valence-electron chi connectivity index (χ1n) is 27.6. The van der Waals surface area contributed by atoms with Crippen molar-refractivity contribution in [3.63, 3.8) is 0 Å². The van der Waals surface area contributed by atoms with Crippen LogP contribution in [-0.2, 0) is 67.2 Å². The van der Waals surface area contributed by atoms with E-state index in [1.54, 1.807) is 86.6 Å². The summed E-state index contributed by atoms with van der Waals surface area (Å²) in [7, 11) is 0. The molecule has 28 heteroatoms. The number of carbonyl (C=O) groups is 10. The third-order valence-electron chi connectivity index (χ3n) is 13.4. The van der Waals surface area contributed by atoms with Gasteiger partial charge in [0.2, 0.25) is 29.5 Å². The molecule has 7 unspecified atom stereocenters. The fourth-order valence-electron chi connectivity index (χ4n) is 8.67. The number of Topliss-reactive ketones (excluding diaryl/α,β-unsaturated/α-hetero) is 2. The Labute approximate surface area is 501 Å². The van der Waals surface area contributed by atoms with Gasteiger partial charge in [-0.2, -0.15) is 12.6 Å². The summed E-state index contributed by atoms with van der Waals surface area (Å²) in [6.07, 6.45) is -13.2. The molecule has 0 bridgehead atoms. The van der Waals surface area contributed by atoms with Gasteiger partial charge in [-0.3, -0.25) is 53.3 Å². The molecule has 1 aliphatic heterocycles. The number of nitrogens with two attached hydrogens (primary N) is 1. The van der Waals surface area contributed by atoms with Crippen molar-refractivity contribution in [3.05, 3.63) is 107 Å².